The monoisotopic (exact) mass is 317 g/mol. The summed E-state index contributed by atoms with van der Waals surface area (Å²) >= 11 is 0. The van der Waals surface area contributed by atoms with E-state index in [1.54, 1.807) is 13.8 Å². The number of alkyl halides is 2. The van der Waals surface area contributed by atoms with E-state index >= 15 is 0 Å². The Morgan fingerprint density at radius 3 is 2.30 bits per heavy atom. The van der Waals surface area contributed by atoms with Crippen molar-refractivity contribution in [3.05, 3.63) is 0 Å². The molecule has 0 spiro atoms. The highest BCUT2D eigenvalue weighted by molar-refractivity contribution is 5.88. The summed E-state index contributed by atoms with van der Waals surface area (Å²) in [4.78, 5) is 23.1. The quantitative estimate of drug-likeness (QED) is 0.583. The predicted molar refractivity (Wildman–Crippen MR) is 72.9 cm³/mol. The molecule has 0 aromatic carbocycles. The summed E-state index contributed by atoms with van der Waals surface area (Å²) in [5.41, 5.74) is 4.86. The Bertz CT molecular complexity index is 317. The normalized spacial score (nSPS) is 12.6. The number of ether oxygens (including phenoxy) is 1. The number of nitrogens with two attached hydrogens (primary N) is 1. The van der Waals surface area contributed by atoms with Crippen LogP contribution in [0.25, 0.3) is 0 Å². The molecule has 0 aromatic rings. The molecule has 0 rings (SSSR count). The van der Waals surface area contributed by atoms with Gasteiger partial charge in [0.15, 0.2) is 0 Å². The molecule has 0 aliphatic carbocycles. The largest absolute Gasteiger partial charge is 0.375 e. The van der Waals surface area contributed by atoms with Crippen LogP contribution >= 0.6 is 12.4 Å². The summed E-state index contributed by atoms with van der Waals surface area (Å²) in [7, 11) is 1.34. The van der Waals surface area contributed by atoms with E-state index in [2.05, 4.69) is 15.4 Å². The van der Waals surface area contributed by atoms with Crippen molar-refractivity contribution in [1.29, 1.82) is 0 Å². The maximum absolute atomic E-state index is 12.9. The van der Waals surface area contributed by atoms with Crippen LogP contribution in [0.15, 0.2) is 0 Å². The third kappa shape index (κ3) is 8.23. The summed E-state index contributed by atoms with van der Waals surface area (Å²) in [5.74, 6) is -4.56. The van der Waals surface area contributed by atoms with Gasteiger partial charge in [0.2, 0.25) is 11.8 Å². The van der Waals surface area contributed by atoms with Crippen LogP contribution < -0.4 is 16.4 Å². The van der Waals surface area contributed by atoms with Crippen molar-refractivity contribution in [2.45, 2.75) is 25.8 Å². The molecule has 0 aromatic heterocycles. The van der Waals surface area contributed by atoms with E-state index in [9.17, 15) is 18.4 Å². The number of halogens is 3. The first-order chi connectivity index (χ1) is 8.73. The van der Waals surface area contributed by atoms with Crippen molar-refractivity contribution < 1.29 is 23.1 Å². The van der Waals surface area contributed by atoms with Gasteiger partial charge in [0.05, 0.1) is 13.1 Å². The van der Waals surface area contributed by atoms with Crippen LogP contribution in [0.1, 0.15) is 13.8 Å². The van der Waals surface area contributed by atoms with E-state index in [4.69, 9.17) is 5.73 Å². The number of amides is 2. The van der Waals surface area contributed by atoms with Crippen LogP contribution in [0.5, 0.6) is 0 Å². The summed E-state index contributed by atoms with van der Waals surface area (Å²) in [5, 5.41) is 4.50. The molecule has 6 nitrogen and oxygen atoms in total. The number of hydrogen-bond donors (Lipinski definition) is 3. The van der Waals surface area contributed by atoms with Crippen molar-refractivity contribution in [2.24, 2.45) is 11.7 Å². The van der Waals surface area contributed by atoms with E-state index in [0.29, 0.717) is 0 Å². The Hall–Kier alpha value is -0.990. The molecule has 0 bridgehead atoms. The molecule has 20 heavy (non-hydrogen) atoms. The highest BCUT2D eigenvalue weighted by atomic mass is 35.5. The second-order valence-corrected chi connectivity index (χ2v) is 4.50. The summed E-state index contributed by atoms with van der Waals surface area (Å²) in [6.07, 6.45) is 0. The first-order valence-electron chi connectivity index (χ1n) is 5.87. The lowest BCUT2D eigenvalue weighted by molar-refractivity contribution is -0.132. The fourth-order valence-corrected chi connectivity index (χ4v) is 1.28. The van der Waals surface area contributed by atoms with Crippen LogP contribution in [0.2, 0.25) is 0 Å². The standard InChI is InChI=1S/C11H21F2N3O3.ClH/c1-7(2)9(16-8(17)4-19-3)10(18)15-6-11(12,13)5-14;/h7,9H,4-6,14H2,1-3H3,(H,15,18)(H,16,17);1H/t9-;/m0./s1. The second-order valence-electron chi connectivity index (χ2n) is 4.50. The zero-order chi connectivity index (χ0) is 15.1. The number of rotatable bonds is 8. The molecule has 0 saturated carbocycles. The highest BCUT2D eigenvalue weighted by Gasteiger charge is 2.30. The minimum atomic E-state index is -3.16. The summed E-state index contributed by atoms with van der Waals surface area (Å²) in [6.45, 7) is 1.48. The Balaban J connectivity index is 0. The number of carbonyl (C=O) groups excluding carboxylic acids is 2. The third-order valence-corrected chi connectivity index (χ3v) is 2.36. The van der Waals surface area contributed by atoms with Crippen LogP contribution in [-0.4, -0.2) is 50.6 Å². The molecule has 9 heteroatoms. The number of carbonyl (C=O) groups is 2. The van der Waals surface area contributed by atoms with Crippen molar-refractivity contribution in [2.75, 3.05) is 26.8 Å². The summed E-state index contributed by atoms with van der Waals surface area (Å²) in [6, 6.07) is -0.892. The molecule has 0 heterocycles. The van der Waals surface area contributed by atoms with Gasteiger partial charge in [-0.2, -0.15) is 0 Å². The van der Waals surface area contributed by atoms with Gasteiger partial charge in [-0.05, 0) is 5.92 Å². The zero-order valence-corrected chi connectivity index (χ0v) is 12.6. The van der Waals surface area contributed by atoms with Gasteiger partial charge in [-0.1, -0.05) is 13.8 Å². The molecule has 4 N–H and O–H groups in total. The van der Waals surface area contributed by atoms with Gasteiger partial charge in [-0.3, -0.25) is 9.59 Å². The average Bonchev–Trinajstić information content (AvgIpc) is 2.33. The number of methoxy groups -OCH3 is 1. The predicted octanol–water partition coefficient (Wildman–Crippen LogP) is -0.0944. The van der Waals surface area contributed by atoms with E-state index in [-0.39, 0.29) is 24.9 Å². The Morgan fingerprint density at radius 2 is 1.90 bits per heavy atom. The minimum Gasteiger partial charge on any atom is -0.375 e. The smallest absolute Gasteiger partial charge is 0.277 e. The van der Waals surface area contributed by atoms with Crippen LogP contribution in [0.3, 0.4) is 0 Å². The summed E-state index contributed by atoms with van der Waals surface area (Å²) < 4.78 is 30.4. The van der Waals surface area contributed by atoms with Crippen molar-refractivity contribution in [3.63, 3.8) is 0 Å². The van der Waals surface area contributed by atoms with E-state index in [1.165, 1.54) is 7.11 Å². The molecule has 0 aliphatic heterocycles. The highest BCUT2D eigenvalue weighted by Crippen LogP contribution is 2.09. The second kappa shape index (κ2) is 9.84. The first-order valence-corrected chi connectivity index (χ1v) is 5.87. The molecule has 120 valence electrons. The Morgan fingerprint density at radius 1 is 1.35 bits per heavy atom. The van der Waals surface area contributed by atoms with Gasteiger partial charge in [-0.15, -0.1) is 12.4 Å². The molecular formula is C11H22ClF2N3O3. The maximum atomic E-state index is 12.9. The third-order valence-electron chi connectivity index (χ3n) is 2.36. The van der Waals surface area contributed by atoms with Gasteiger partial charge < -0.3 is 21.1 Å². The Kier molecular flexibility index (Phi) is 10.5. The molecule has 0 aliphatic rings. The first kappa shape index (κ1) is 21.3. The van der Waals surface area contributed by atoms with Crippen molar-refractivity contribution >= 4 is 24.2 Å². The lowest BCUT2D eigenvalue weighted by Gasteiger charge is -2.23. The van der Waals surface area contributed by atoms with E-state index in [0.717, 1.165) is 0 Å². The number of hydrogen-bond acceptors (Lipinski definition) is 4. The topological polar surface area (TPSA) is 93.4 Å². The molecular weight excluding hydrogens is 296 g/mol. The van der Waals surface area contributed by atoms with Gasteiger partial charge in [0.25, 0.3) is 5.92 Å². The van der Waals surface area contributed by atoms with Gasteiger partial charge in [0, 0.05) is 7.11 Å². The van der Waals surface area contributed by atoms with Gasteiger partial charge in [0.1, 0.15) is 12.6 Å². The van der Waals surface area contributed by atoms with Gasteiger partial charge in [-0.25, -0.2) is 8.78 Å². The molecule has 0 radical (unpaired) electrons. The SMILES string of the molecule is COCC(=O)N[C@H](C(=O)NCC(F)(F)CN)C(C)C.Cl. The zero-order valence-electron chi connectivity index (χ0n) is 11.7. The average molecular weight is 318 g/mol. The molecule has 0 unspecified atom stereocenters. The van der Waals surface area contributed by atoms with E-state index < -0.39 is 36.9 Å². The number of nitrogens with one attached hydrogen (secondary N) is 2. The minimum absolute atomic E-state index is 0. The molecule has 1 atom stereocenters. The van der Waals surface area contributed by atoms with Gasteiger partial charge >= 0.3 is 0 Å². The Labute approximate surface area is 123 Å². The lowest BCUT2D eigenvalue weighted by Crippen LogP contribution is -2.53. The molecule has 0 fully saturated rings. The molecule has 0 saturated heterocycles. The molecule has 2 amide bonds. The van der Waals surface area contributed by atoms with Crippen molar-refractivity contribution in [1.82, 2.24) is 10.6 Å². The van der Waals surface area contributed by atoms with Crippen LogP contribution in [-0.2, 0) is 14.3 Å². The van der Waals surface area contributed by atoms with Crippen LogP contribution in [0.4, 0.5) is 8.78 Å². The van der Waals surface area contributed by atoms with Crippen LogP contribution in [0, 0.1) is 5.92 Å². The van der Waals surface area contributed by atoms with E-state index in [1.807, 2.05) is 0 Å². The maximum Gasteiger partial charge on any atom is 0.277 e. The fourth-order valence-electron chi connectivity index (χ4n) is 1.28. The fraction of sp³-hybridized carbons (Fsp3) is 0.818. The van der Waals surface area contributed by atoms with Crippen molar-refractivity contribution in [3.8, 4) is 0 Å². The lowest BCUT2D eigenvalue weighted by atomic mass is 10.0.